The molecular formula is C30H23Cl2N9O3. The van der Waals surface area contributed by atoms with Gasteiger partial charge in [0.15, 0.2) is 11.5 Å². The van der Waals surface area contributed by atoms with Crippen molar-refractivity contribution in [1.82, 2.24) is 40.5 Å². The van der Waals surface area contributed by atoms with Gasteiger partial charge < -0.3 is 21.1 Å². The number of carbonyl (C=O) groups excluding carboxylic acids is 1. The van der Waals surface area contributed by atoms with Crippen molar-refractivity contribution in [2.75, 3.05) is 5.73 Å². The van der Waals surface area contributed by atoms with Gasteiger partial charge in [-0.1, -0.05) is 64.8 Å². The molecule has 3 heterocycles. The number of fused-ring (bicyclic) bond motifs is 1. The van der Waals surface area contributed by atoms with Crippen LogP contribution < -0.4 is 11.1 Å². The lowest BCUT2D eigenvalue weighted by Gasteiger charge is -2.16. The molecule has 0 aliphatic heterocycles. The van der Waals surface area contributed by atoms with Crippen LogP contribution in [0.4, 0.5) is 5.82 Å². The van der Waals surface area contributed by atoms with Gasteiger partial charge in [-0.3, -0.25) is 9.89 Å². The van der Waals surface area contributed by atoms with E-state index in [1.165, 1.54) is 17.0 Å². The second-order valence-corrected chi connectivity index (χ2v) is 10.6. The lowest BCUT2D eigenvalue weighted by atomic mass is 10.1. The number of aromatic nitrogens is 7. The van der Waals surface area contributed by atoms with Gasteiger partial charge in [0.05, 0.1) is 23.4 Å². The average Bonchev–Trinajstić information content (AvgIpc) is 3.75. The molecule has 0 fully saturated rings. The molecule has 1 amide bonds. The lowest BCUT2D eigenvalue weighted by Crippen LogP contribution is -2.29. The Morgan fingerprint density at radius 3 is 2.68 bits per heavy atom. The standard InChI is InChI=1S/C30H23Cl2N9O3/c31-19-8-10-24(41-15-23(30(43)44)38-40-41)17(13-19)7-11-25(42)34-22(12-16-4-2-1-3-5-16)29-35-26(27(32)36-29)18-6-9-20-21(14-18)37-39-28(20)33/h1-11,13-15,22H,12H2,(H,34,42)(H,35,36)(H,43,44)(H3,33,37,39)/t22-/m0/s1. The molecule has 0 spiro atoms. The number of halogens is 2. The number of benzene rings is 3. The molecule has 1 atom stereocenters. The molecule has 14 heteroatoms. The fourth-order valence-corrected chi connectivity index (χ4v) is 5.14. The Labute approximate surface area is 259 Å². The average molecular weight is 628 g/mol. The van der Waals surface area contributed by atoms with Gasteiger partial charge in [-0.25, -0.2) is 14.5 Å². The predicted octanol–water partition coefficient (Wildman–Crippen LogP) is 5.23. The molecule has 0 saturated heterocycles. The minimum Gasteiger partial charge on any atom is -0.476 e. The van der Waals surface area contributed by atoms with Gasteiger partial charge in [-0.2, -0.15) is 5.10 Å². The van der Waals surface area contributed by atoms with Crippen molar-refractivity contribution in [2.24, 2.45) is 0 Å². The van der Waals surface area contributed by atoms with Crippen LogP contribution in [-0.2, 0) is 11.2 Å². The maximum atomic E-state index is 13.3. The summed E-state index contributed by atoms with van der Waals surface area (Å²) in [6.45, 7) is 0. The maximum Gasteiger partial charge on any atom is 0.358 e. The van der Waals surface area contributed by atoms with Gasteiger partial charge >= 0.3 is 5.97 Å². The first kappa shape index (κ1) is 28.6. The summed E-state index contributed by atoms with van der Waals surface area (Å²) in [5.74, 6) is -0.758. The molecule has 6 aromatic rings. The van der Waals surface area contributed by atoms with Crippen molar-refractivity contribution in [1.29, 1.82) is 0 Å². The third-order valence-electron chi connectivity index (χ3n) is 6.84. The van der Waals surface area contributed by atoms with Crippen LogP contribution in [0.1, 0.15) is 33.5 Å². The summed E-state index contributed by atoms with van der Waals surface area (Å²) in [7, 11) is 0. The van der Waals surface area contributed by atoms with Crippen LogP contribution in [0, 0.1) is 0 Å². The van der Waals surface area contributed by atoms with Crippen molar-refractivity contribution in [3.05, 3.63) is 112 Å². The Kier molecular flexibility index (Phi) is 7.84. The summed E-state index contributed by atoms with van der Waals surface area (Å²) >= 11 is 12.8. The zero-order chi connectivity index (χ0) is 30.8. The largest absolute Gasteiger partial charge is 0.476 e. The van der Waals surface area contributed by atoms with Crippen LogP contribution in [0.15, 0.2) is 79.0 Å². The number of nitrogens with one attached hydrogen (secondary N) is 3. The third-order valence-corrected chi connectivity index (χ3v) is 7.34. The number of nitrogens with two attached hydrogens (primary N) is 1. The Hall–Kier alpha value is -5.46. The second kappa shape index (κ2) is 12.0. The number of nitrogen functional groups attached to an aromatic ring is 1. The van der Waals surface area contributed by atoms with Gasteiger partial charge in [0.25, 0.3) is 0 Å². The molecule has 3 aromatic carbocycles. The maximum absolute atomic E-state index is 13.3. The minimum absolute atomic E-state index is 0.221. The van der Waals surface area contributed by atoms with E-state index >= 15 is 0 Å². The van der Waals surface area contributed by atoms with Crippen molar-refractivity contribution in [3.8, 4) is 16.9 Å². The number of carbonyl (C=O) groups is 2. The highest BCUT2D eigenvalue weighted by molar-refractivity contribution is 6.32. The van der Waals surface area contributed by atoms with Gasteiger partial charge in [0.1, 0.15) is 16.7 Å². The van der Waals surface area contributed by atoms with Gasteiger partial charge in [0.2, 0.25) is 5.91 Å². The topological polar surface area (TPSA) is 180 Å². The highest BCUT2D eigenvalue weighted by Crippen LogP contribution is 2.31. The first-order chi connectivity index (χ1) is 21.2. The summed E-state index contributed by atoms with van der Waals surface area (Å²) in [5, 5.41) is 28.2. The summed E-state index contributed by atoms with van der Waals surface area (Å²) < 4.78 is 1.30. The van der Waals surface area contributed by atoms with E-state index in [-0.39, 0.29) is 5.69 Å². The molecular weight excluding hydrogens is 605 g/mol. The number of aromatic carboxylic acids is 1. The van der Waals surface area contributed by atoms with Crippen LogP contribution in [0.3, 0.4) is 0 Å². The van der Waals surface area contributed by atoms with Crippen molar-refractivity contribution in [3.63, 3.8) is 0 Å². The quantitative estimate of drug-likeness (QED) is 0.135. The van der Waals surface area contributed by atoms with E-state index in [2.05, 4.69) is 30.8 Å². The number of carboxylic acid groups (broad SMARTS) is 1. The summed E-state index contributed by atoms with van der Waals surface area (Å²) in [4.78, 5) is 32.5. The van der Waals surface area contributed by atoms with Gasteiger partial charge in [-0.05, 0) is 48.4 Å². The summed E-state index contributed by atoms with van der Waals surface area (Å²) in [6, 6.07) is 19.6. The summed E-state index contributed by atoms with van der Waals surface area (Å²) in [6.07, 6.45) is 4.61. The Morgan fingerprint density at radius 2 is 1.91 bits per heavy atom. The highest BCUT2D eigenvalue weighted by Gasteiger charge is 2.21. The van der Waals surface area contributed by atoms with Crippen molar-refractivity contribution in [2.45, 2.75) is 12.5 Å². The number of anilines is 1. The molecule has 0 saturated carbocycles. The van der Waals surface area contributed by atoms with E-state index in [1.807, 2.05) is 48.5 Å². The normalized spacial score (nSPS) is 12.1. The monoisotopic (exact) mass is 627 g/mol. The SMILES string of the molecule is Nc1n[nH]c2cc(-c3nc([C@H](Cc4ccccc4)NC(=O)C=Cc4cc(Cl)ccc4-n4cc(C(=O)O)nn4)[nH]c3Cl)ccc12. The predicted molar refractivity (Wildman–Crippen MR) is 166 cm³/mol. The van der Waals surface area contributed by atoms with Crippen LogP contribution in [-0.4, -0.2) is 52.1 Å². The molecule has 6 N–H and O–H groups in total. The summed E-state index contributed by atoms with van der Waals surface area (Å²) in [5.41, 5.74) is 9.66. The lowest BCUT2D eigenvalue weighted by molar-refractivity contribution is -0.117. The molecule has 0 bridgehead atoms. The fourth-order valence-electron chi connectivity index (χ4n) is 4.71. The van der Waals surface area contributed by atoms with Crippen LogP contribution in [0.5, 0.6) is 0 Å². The minimum atomic E-state index is -1.21. The van der Waals surface area contributed by atoms with Gasteiger partial charge in [0, 0.05) is 27.6 Å². The number of amides is 1. The first-order valence-corrected chi connectivity index (χ1v) is 14.0. The van der Waals surface area contributed by atoms with E-state index in [9.17, 15) is 14.7 Å². The zero-order valence-corrected chi connectivity index (χ0v) is 24.2. The Bertz CT molecular complexity index is 2030. The van der Waals surface area contributed by atoms with E-state index in [0.717, 1.165) is 22.0 Å². The zero-order valence-electron chi connectivity index (χ0n) is 22.7. The molecule has 0 aliphatic carbocycles. The van der Waals surface area contributed by atoms with E-state index in [4.69, 9.17) is 33.9 Å². The number of rotatable bonds is 9. The molecule has 0 aliphatic rings. The van der Waals surface area contributed by atoms with Crippen molar-refractivity contribution < 1.29 is 14.7 Å². The van der Waals surface area contributed by atoms with Crippen LogP contribution in [0.25, 0.3) is 33.9 Å². The molecule has 0 radical (unpaired) electrons. The second-order valence-electron chi connectivity index (χ2n) is 9.79. The number of hydrogen-bond donors (Lipinski definition) is 5. The number of H-pyrrole nitrogens is 2. The number of nitrogens with zero attached hydrogens (tertiary/aromatic N) is 5. The van der Waals surface area contributed by atoms with E-state index in [1.54, 1.807) is 24.3 Å². The number of imidazole rings is 1. The smallest absolute Gasteiger partial charge is 0.358 e. The molecule has 6 rings (SSSR count). The van der Waals surface area contributed by atoms with Crippen LogP contribution in [0.2, 0.25) is 10.2 Å². The molecule has 44 heavy (non-hydrogen) atoms. The molecule has 0 unspecified atom stereocenters. The molecule has 220 valence electrons. The van der Waals surface area contributed by atoms with Gasteiger partial charge in [-0.15, -0.1) is 5.10 Å². The van der Waals surface area contributed by atoms with E-state index < -0.39 is 17.9 Å². The number of hydrogen-bond acceptors (Lipinski definition) is 7. The number of aromatic amines is 2. The Balaban J connectivity index is 1.29. The molecule has 3 aromatic heterocycles. The number of carboxylic acids is 1. The van der Waals surface area contributed by atoms with Crippen LogP contribution >= 0.6 is 23.2 Å². The fraction of sp³-hybridized carbons (Fsp3) is 0.0667. The highest BCUT2D eigenvalue weighted by atomic mass is 35.5. The molecule has 12 nitrogen and oxygen atoms in total. The van der Waals surface area contributed by atoms with E-state index in [0.29, 0.717) is 45.2 Å². The first-order valence-electron chi connectivity index (χ1n) is 13.2. The van der Waals surface area contributed by atoms with Crippen molar-refractivity contribution >= 4 is 57.9 Å². The Morgan fingerprint density at radius 1 is 1.09 bits per heavy atom. The third kappa shape index (κ3) is 6.02.